The Bertz CT molecular complexity index is 620. The summed E-state index contributed by atoms with van der Waals surface area (Å²) in [6.07, 6.45) is 10.8. The van der Waals surface area contributed by atoms with Gasteiger partial charge in [-0.05, 0) is 69.6 Å². The van der Waals surface area contributed by atoms with E-state index in [-0.39, 0.29) is 5.54 Å². The molecule has 2 aliphatic heterocycles. The number of rotatable bonds is 6. The average molecular weight is 384 g/mol. The molecule has 1 N–H and O–H groups in total. The molecule has 4 nitrogen and oxygen atoms in total. The van der Waals surface area contributed by atoms with Gasteiger partial charge in [0, 0.05) is 19.6 Å². The number of amides is 1. The van der Waals surface area contributed by atoms with Crippen molar-refractivity contribution in [2.75, 3.05) is 32.7 Å². The molecule has 1 aromatic rings. The minimum absolute atomic E-state index is 0.201. The summed E-state index contributed by atoms with van der Waals surface area (Å²) in [7, 11) is 0. The van der Waals surface area contributed by atoms with E-state index in [2.05, 4.69) is 45.4 Å². The number of piperidine rings is 1. The molecular weight excluding hydrogens is 346 g/mol. The number of benzene rings is 1. The fourth-order valence-electron chi connectivity index (χ4n) is 5.67. The summed E-state index contributed by atoms with van der Waals surface area (Å²) in [5.74, 6) is 0.912. The number of nitrogens with zero attached hydrogens (tertiary/aromatic N) is 2. The standard InChI is InChI=1S/C24H37N3O/c28-23(24(13-5-2-6-14-24)27-16-7-8-17-27)25-18-22-12-9-15-26(20-22)19-21-10-3-1-4-11-21/h1,3-4,10-11,22H,2,5-9,12-20H2,(H,25,28). The maximum Gasteiger partial charge on any atom is 0.240 e. The van der Waals surface area contributed by atoms with E-state index in [9.17, 15) is 4.79 Å². The minimum atomic E-state index is -0.201. The molecule has 1 saturated carbocycles. The van der Waals surface area contributed by atoms with Gasteiger partial charge in [-0.3, -0.25) is 14.6 Å². The van der Waals surface area contributed by atoms with Crippen LogP contribution in [0.5, 0.6) is 0 Å². The highest BCUT2D eigenvalue weighted by atomic mass is 16.2. The largest absolute Gasteiger partial charge is 0.354 e. The normalized spacial score (nSPS) is 26.2. The molecular formula is C24H37N3O. The topological polar surface area (TPSA) is 35.6 Å². The van der Waals surface area contributed by atoms with Gasteiger partial charge in [-0.1, -0.05) is 49.6 Å². The molecule has 4 rings (SSSR count). The van der Waals surface area contributed by atoms with Crippen LogP contribution in [-0.2, 0) is 11.3 Å². The highest BCUT2D eigenvalue weighted by Gasteiger charge is 2.45. The van der Waals surface area contributed by atoms with Crippen molar-refractivity contribution in [3.8, 4) is 0 Å². The molecule has 2 saturated heterocycles. The van der Waals surface area contributed by atoms with Crippen LogP contribution >= 0.6 is 0 Å². The van der Waals surface area contributed by atoms with Crippen molar-refractivity contribution < 1.29 is 4.79 Å². The number of hydrogen-bond donors (Lipinski definition) is 1. The van der Waals surface area contributed by atoms with E-state index < -0.39 is 0 Å². The van der Waals surface area contributed by atoms with Crippen molar-refractivity contribution >= 4 is 5.91 Å². The molecule has 154 valence electrons. The van der Waals surface area contributed by atoms with Crippen molar-refractivity contribution in [3.63, 3.8) is 0 Å². The van der Waals surface area contributed by atoms with E-state index in [1.54, 1.807) is 0 Å². The molecule has 1 unspecified atom stereocenters. The number of carbonyl (C=O) groups excluding carboxylic acids is 1. The van der Waals surface area contributed by atoms with Gasteiger partial charge in [0.15, 0.2) is 0 Å². The molecule has 0 bridgehead atoms. The summed E-state index contributed by atoms with van der Waals surface area (Å²) >= 11 is 0. The number of nitrogens with one attached hydrogen (secondary N) is 1. The summed E-state index contributed by atoms with van der Waals surface area (Å²) in [4.78, 5) is 18.4. The number of carbonyl (C=O) groups is 1. The van der Waals surface area contributed by atoms with Crippen LogP contribution in [0.25, 0.3) is 0 Å². The third-order valence-electron chi connectivity index (χ3n) is 7.22. The second-order valence-corrected chi connectivity index (χ2v) is 9.23. The second-order valence-electron chi connectivity index (χ2n) is 9.23. The zero-order chi connectivity index (χ0) is 19.2. The van der Waals surface area contributed by atoms with E-state index in [1.165, 1.54) is 57.1 Å². The Kier molecular flexibility index (Phi) is 6.69. The first-order valence-electron chi connectivity index (χ1n) is 11.6. The Labute approximate surface area is 170 Å². The number of likely N-dealkylation sites (tertiary alicyclic amines) is 2. The molecule has 4 heteroatoms. The quantitative estimate of drug-likeness (QED) is 0.811. The van der Waals surface area contributed by atoms with E-state index in [4.69, 9.17) is 0 Å². The van der Waals surface area contributed by atoms with Crippen LogP contribution in [0.1, 0.15) is 63.4 Å². The second kappa shape index (κ2) is 9.41. The maximum atomic E-state index is 13.4. The van der Waals surface area contributed by atoms with Gasteiger partial charge in [-0.2, -0.15) is 0 Å². The first kappa shape index (κ1) is 19.9. The van der Waals surface area contributed by atoms with Crippen LogP contribution in [-0.4, -0.2) is 54.0 Å². The van der Waals surface area contributed by atoms with Gasteiger partial charge in [0.1, 0.15) is 5.54 Å². The summed E-state index contributed by atoms with van der Waals surface area (Å²) in [6.45, 7) is 6.38. The third kappa shape index (κ3) is 4.60. The minimum Gasteiger partial charge on any atom is -0.354 e. The molecule has 3 aliphatic rings. The van der Waals surface area contributed by atoms with Gasteiger partial charge in [-0.25, -0.2) is 0 Å². The smallest absolute Gasteiger partial charge is 0.240 e. The van der Waals surface area contributed by atoms with Crippen LogP contribution in [0.2, 0.25) is 0 Å². The lowest BCUT2D eigenvalue weighted by Gasteiger charge is -2.43. The third-order valence-corrected chi connectivity index (χ3v) is 7.22. The Balaban J connectivity index is 1.31. The zero-order valence-electron chi connectivity index (χ0n) is 17.4. The Morgan fingerprint density at radius 1 is 0.964 bits per heavy atom. The Morgan fingerprint density at radius 2 is 1.71 bits per heavy atom. The van der Waals surface area contributed by atoms with Crippen LogP contribution < -0.4 is 5.32 Å². The summed E-state index contributed by atoms with van der Waals surface area (Å²) < 4.78 is 0. The van der Waals surface area contributed by atoms with Crippen molar-refractivity contribution in [1.29, 1.82) is 0 Å². The van der Waals surface area contributed by atoms with Crippen LogP contribution in [0.4, 0.5) is 0 Å². The molecule has 1 atom stereocenters. The number of hydrogen-bond acceptors (Lipinski definition) is 3. The molecule has 3 fully saturated rings. The van der Waals surface area contributed by atoms with Gasteiger partial charge < -0.3 is 5.32 Å². The fraction of sp³-hybridized carbons (Fsp3) is 0.708. The molecule has 28 heavy (non-hydrogen) atoms. The van der Waals surface area contributed by atoms with Crippen LogP contribution in [0.3, 0.4) is 0 Å². The first-order valence-corrected chi connectivity index (χ1v) is 11.6. The van der Waals surface area contributed by atoms with Gasteiger partial charge in [0.2, 0.25) is 5.91 Å². The monoisotopic (exact) mass is 383 g/mol. The Hall–Kier alpha value is -1.39. The van der Waals surface area contributed by atoms with Crippen molar-refractivity contribution in [1.82, 2.24) is 15.1 Å². The van der Waals surface area contributed by atoms with Crippen LogP contribution in [0, 0.1) is 5.92 Å². The lowest BCUT2D eigenvalue weighted by molar-refractivity contribution is -0.135. The fourth-order valence-corrected chi connectivity index (χ4v) is 5.67. The van der Waals surface area contributed by atoms with Gasteiger partial charge in [0.05, 0.1) is 0 Å². The van der Waals surface area contributed by atoms with Gasteiger partial charge in [0.25, 0.3) is 0 Å². The van der Waals surface area contributed by atoms with E-state index in [1.807, 2.05) is 0 Å². The highest BCUT2D eigenvalue weighted by Crippen LogP contribution is 2.36. The molecule has 0 spiro atoms. The van der Waals surface area contributed by atoms with Crippen molar-refractivity contribution in [2.45, 2.75) is 69.9 Å². The molecule has 1 aromatic carbocycles. The van der Waals surface area contributed by atoms with Gasteiger partial charge in [-0.15, -0.1) is 0 Å². The highest BCUT2D eigenvalue weighted by molar-refractivity contribution is 5.86. The predicted octanol–water partition coefficient (Wildman–Crippen LogP) is 3.81. The lowest BCUT2D eigenvalue weighted by Crippen LogP contribution is -2.59. The summed E-state index contributed by atoms with van der Waals surface area (Å²) in [5, 5.41) is 3.42. The summed E-state index contributed by atoms with van der Waals surface area (Å²) in [6, 6.07) is 10.8. The van der Waals surface area contributed by atoms with E-state index in [0.29, 0.717) is 11.8 Å². The summed E-state index contributed by atoms with van der Waals surface area (Å²) in [5.41, 5.74) is 1.19. The lowest BCUT2D eigenvalue weighted by atomic mass is 9.79. The van der Waals surface area contributed by atoms with Crippen molar-refractivity contribution in [3.05, 3.63) is 35.9 Å². The van der Waals surface area contributed by atoms with Crippen molar-refractivity contribution in [2.24, 2.45) is 5.92 Å². The molecule has 1 amide bonds. The SMILES string of the molecule is O=C(NCC1CCCN(Cc2ccccc2)C1)C1(N2CCCC2)CCCCC1. The Morgan fingerprint density at radius 3 is 2.46 bits per heavy atom. The van der Waals surface area contributed by atoms with Crippen LogP contribution in [0.15, 0.2) is 30.3 Å². The predicted molar refractivity (Wildman–Crippen MR) is 114 cm³/mol. The molecule has 0 aromatic heterocycles. The molecule has 2 heterocycles. The molecule has 0 radical (unpaired) electrons. The van der Waals surface area contributed by atoms with E-state index >= 15 is 0 Å². The molecule has 1 aliphatic carbocycles. The first-order chi connectivity index (χ1) is 13.8. The average Bonchev–Trinajstić information content (AvgIpc) is 3.29. The maximum absolute atomic E-state index is 13.4. The zero-order valence-corrected chi connectivity index (χ0v) is 17.4. The van der Waals surface area contributed by atoms with Gasteiger partial charge >= 0.3 is 0 Å². The van der Waals surface area contributed by atoms with E-state index in [0.717, 1.165) is 45.6 Å².